The fraction of sp³-hybridized carbons (Fsp3) is 0.500. The molecule has 1 heterocycles. The minimum absolute atomic E-state index is 0.0684. The van der Waals surface area contributed by atoms with Gasteiger partial charge in [0.05, 0.1) is 6.61 Å². The van der Waals surface area contributed by atoms with Gasteiger partial charge in [-0.25, -0.2) is 4.39 Å². The molecule has 0 spiro atoms. The summed E-state index contributed by atoms with van der Waals surface area (Å²) in [7, 11) is 0. The Balaban J connectivity index is 2.31. The maximum absolute atomic E-state index is 13.1. The zero-order chi connectivity index (χ0) is 11.1. The topological polar surface area (TPSA) is 21.3 Å². The minimum Gasteiger partial charge on any atom is -0.355 e. The van der Waals surface area contributed by atoms with Gasteiger partial charge in [0.2, 0.25) is 0 Å². The highest BCUT2D eigenvalue weighted by Crippen LogP contribution is 2.31. The summed E-state index contributed by atoms with van der Waals surface area (Å²) in [6.45, 7) is 6.69. The zero-order valence-electron chi connectivity index (χ0n) is 9.30. The molecule has 0 aliphatic carbocycles. The molecule has 0 radical (unpaired) electrons. The third kappa shape index (κ3) is 2.03. The molecule has 0 aromatic heterocycles. The van der Waals surface area contributed by atoms with Gasteiger partial charge in [-0.1, -0.05) is 12.1 Å². The van der Waals surface area contributed by atoms with Crippen LogP contribution in [0.2, 0.25) is 0 Å². The van der Waals surface area contributed by atoms with Crippen molar-refractivity contribution in [1.82, 2.24) is 5.32 Å². The van der Waals surface area contributed by atoms with Gasteiger partial charge in [-0.05, 0) is 32.9 Å². The van der Waals surface area contributed by atoms with E-state index in [2.05, 4.69) is 19.2 Å². The van der Waals surface area contributed by atoms with Crippen LogP contribution in [0.3, 0.4) is 0 Å². The van der Waals surface area contributed by atoms with Gasteiger partial charge in [0.15, 0.2) is 0 Å². The number of benzene rings is 1. The molecule has 1 N–H and O–H groups in total. The second-order valence-electron chi connectivity index (χ2n) is 4.84. The van der Waals surface area contributed by atoms with Crippen LogP contribution < -0.4 is 5.32 Å². The molecule has 1 aromatic carbocycles. The predicted molar refractivity (Wildman–Crippen MR) is 56.9 cm³/mol. The molecule has 15 heavy (non-hydrogen) atoms. The van der Waals surface area contributed by atoms with Gasteiger partial charge < -0.3 is 4.74 Å². The molecule has 2 nitrogen and oxygen atoms in total. The lowest BCUT2D eigenvalue weighted by Gasteiger charge is -2.27. The van der Waals surface area contributed by atoms with Crippen molar-refractivity contribution in [3.63, 3.8) is 0 Å². The molecule has 3 heteroatoms. The van der Waals surface area contributed by atoms with Crippen LogP contribution in [0, 0.1) is 5.82 Å². The van der Waals surface area contributed by atoms with E-state index in [-0.39, 0.29) is 11.4 Å². The molecule has 1 fully saturated rings. The molecule has 2 rings (SSSR count). The second kappa shape index (κ2) is 3.29. The Hall–Kier alpha value is -0.930. The molecule has 0 amide bonds. The summed E-state index contributed by atoms with van der Waals surface area (Å²) in [6, 6.07) is 6.52. The average molecular weight is 209 g/mol. The van der Waals surface area contributed by atoms with Crippen LogP contribution in [0.15, 0.2) is 24.3 Å². The van der Waals surface area contributed by atoms with Gasteiger partial charge in [-0.15, -0.1) is 0 Å². The van der Waals surface area contributed by atoms with Gasteiger partial charge >= 0.3 is 0 Å². The SMILES string of the molecule is CC1(C)COC(C)(c2cccc(F)c2)N1. The molecular weight excluding hydrogens is 193 g/mol. The number of halogens is 1. The van der Waals surface area contributed by atoms with Gasteiger partial charge in [0.25, 0.3) is 0 Å². The van der Waals surface area contributed by atoms with Crippen molar-refractivity contribution in [2.75, 3.05) is 6.61 Å². The average Bonchev–Trinajstić information content (AvgIpc) is 2.42. The van der Waals surface area contributed by atoms with Crippen LogP contribution in [0.5, 0.6) is 0 Å². The smallest absolute Gasteiger partial charge is 0.143 e. The van der Waals surface area contributed by atoms with Crippen molar-refractivity contribution in [3.8, 4) is 0 Å². The number of ether oxygens (including phenoxy) is 1. The fourth-order valence-electron chi connectivity index (χ4n) is 1.98. The Labute approximate surface area is 89.4 Å². The highest BCUT2D eigenvalue weighted by atomic mass is 19.1. The van der Waals surface area contributed by atoms with Crippen LogP contribution in [0.25, 0.3) is 0 Å². The largest absolute Gasteiger partial charge is 0.355 e. The van der Waals surface area contributed by atoms with E-state index in [0.717, 1.165) is 5.56 Å². The Morgan fingerprint density at radius 2 is 2.07 bits per heavy atom. The van der Waals surface area contributed by atoms with Crippen LogP contribution in [-0.4, -0.2) is 12.1 Å². The fourth-order valence-corrected chi connectivity index (χ4v) is 1.98. The molecule has 1 saturated heterocycles. The van der Waals surface area contributed by atoms with Crippen molar-refractivity contribution >= 4 is 0 Å². The third-order valence-corrected chi connectivity index (χ3v) is 2.67. The van der Waals surface area contributed by atoms with Gasteiger partial charge in [-0.3, -0.25) is 5.32 Å². The predicted octanol–water partition coefficient (Wildman–Crippen LogP) is 2.40. The first-order valence-electron chi connectivity index (χ1n) is 5.11. The summed E-state index contributed by atoms with van der Waals surface area (Å²) in [5.74, 6) is -0.233. The van der Waals surface area contributed by atoms with E-state index in [1.54, 1.807) is 6.07 Å². The third-order valence-electron chi connectivity index (χ3n) is 2.67. The summed E-state index contributed by atoms with van der Waals surface area (Å²) >= 11 is 0. The molecule has 0 saturated carbocycles. The lowest BCUT2D eigenvalue weighted by atomic mass is 10.0. The Morgan fingerprint density at radius 3 is 2.60 bits per heavy atom. The second-order valence-corrected chi connectivity index (χ2v) is 4.84. The summed E-state index contributed by atoms with van der Waals surface area (Å²) in [6.07, 6.45) is 0. The highest BCUT2D eigenvalue weighted by Gasteiger charge is 2.41. The van der Waals surface area contributed by atoms with E-state index in [1.165, 1.54) is 12.1 Å². The van der Waals surface area contributed by atoms with Crippen LogP contribution >= 0.6 is 0 Å². The van der Waals surface area contributed by atoms with E-state index >= 15 is 0 Å². The van der Waals surface area contributed by atoms with Crippen LogP contribution in [0.1, 0.15) is 26.3 Å². The van der Waals surface area contributed by atoms with Crippen LogP contribution in [0.4, 0.5) is 4.39 Å². The lowest BCUT2D eigenvalue weighted by molar-refractivity contribution is 0.00196. The first-order chi connectivity index (χ1) is 6.91. The normalized spacial score (nSPS) is 29.3. The Morgan fingerprint density at radius 1 is 1.33 bits per heavy atom. The quantitative estimate of drug-likeness (QED) is 0.766. The molecule has 0 bridgehead atoms. The number of rotatable bonds is 1. The zero-order valence-corrected chi connectivity index (χ0v) is 9.30. The number of hydrogen-bond acceptors (Lipinski definition) is 2. The number of nitrogens with one attached hydrogen (secondary N) is 1. The first-order valence-corrected chi connectivity index (χ1v) is 5.11. The minimum atomic E-state index is -0.578. The van der Waals surface area contributed by atoms with E-state index in [4.69, 9.17) is 4.74 Å². The standard InChI is InChI=1S/C12H16FNO/c1-11(2)8-15-12(3,14-11)9-5-4-6-10(13)7-9/h4-7,14H,8H2,1-3H3. The van der Waals surface area contributed by atoms with Crippen molar-refractivity contribution in [1.29, 1.82) is 0 Å². The van der Waals surface area contributed by atoms with E-state index in [1.807, 2.05) is 13.0 Å². The first kappa shape index (κ1) is 10.6. The summed E-state index contributed by atoms with van der Waals surface area (Å²) in [4.78, 5) is 0. The van der Waals surface area contributed by atoms with Crippen molar-refractivity contribution in [2.24, 2.45) is 0 Å². The van der Waals surface area contributed by atoms with Gasteiger partial charge in [0, 0.05) is 11.1 Å². The molecule has 1 aliphatic heterocycles. The van der Waals surface area contributed by atoms with E-state index in [0.29, 0.717) is 6.61 Å². The molecule has 1 atom stereocenters. The Bertz CT molecular complexity index is 378. The maximum Gasteiger partial charge on any atom is 0.143 e. The highest BCUT2D eigenvalue weighted by molar-refractivity contribution is 5.24. The van der Waals surface area contributed by atoms with Crippen molar-refractivity contribution in [2.45, 2.75) is 32.0 Å². The van der Waals surface area contributed by atoms with Gasteiger partial charge in [0.1, 0.15) is 11.5 Å². The lowest BCUT2D eigenvalue weighted by Crippen LogP contribution is -2.44. The molecule has 1 aromatic rings. The molecular formula is C12H16FNO. The molecule has 1 unspecified atom stereocenters. The summed E-state index contributed by atoms with van der Waals surface area (Å²) in [5, 5.41) is 3.36. The van der Waals surface area contributed by atoms with E-state index < -0.39 is 5.72 Å². The van der Waals surface area contributed by atoms with Gasteiger partial charge in [-0.2, -0.15) is 0 Å². The van der Waals surface area contributed by atoms with Crippen LogP contribution in [-0.2, 0) is 10.5 Å². The Kier molecular flexibility index (Phi) is 2.32. The molecule has 82 valence electrons. The monoisotopic (exact) mass is 209 g/mol. The number of hydrogen-bond donors (Lipinski definition) is 1. The maximum atomic E-state index is 13.1. The molecule has 1 aliphatic rings. The summed E-state index contributed by atoms with van der Waals surface area (Å²) < 4.78 is 18.8. The summed E-state index contributed by atoms with van der Waals surface area (Å²) in [5.41, 5.74) is 0.181. The van der Waals surface area contributed by atoms with Crippen molar-refractivity contribution in [3.05, 3.63) is 35.6 Å². The van der Waals surface area contributed by atoms with Crippen molar-refractivity contribution < 1.29 is 9.13 Å². The van der Waals surface area contributed by atoms with E-state index in [9.17, 15) is 4.39 Å².